The van der Waals surface area contributed by atoms with Crippen LogP contribution in [0.3, 0.4) is 0 Å². The van der Waals surface area contributed by atoms with E-state index < -0.39 is 20.6 Å². The van der Waals surface area contributed by atoms with Crippen LogP contribution in [0, 0.1) is 17.0 Å². The molecule has 0 aliphatic heterocycles. The summed E-state index contributed by atoms with van der Waals surface area (Å²) < 4.78 is 27.8. The molecule has 7 nitrogen and oxygen atoms in total. The maximum Gasteiger partial charge on any atom is 0.312 e. The van der Waals surface area contributed by atoms with Crippen LogP contribution >= 0.6 is 0 Å². The van der Waals surface area contributed by atoms with Crippen molar-refractivity contribution in [3.8, 4) is 5.75 Å². The summed E-state index contributed by atoms with van der Waals surface area (Å²) in [7, 11) is -3.99. The quantitative estimate of drug-likeness (QED) is 0.657. The number of hydrogen-bond donors (Lipinski definition) is 1. The molecule has 1 aromatic rings. The smallest absolute Gasteiger partial charge is 0.312 e. The van der Waals surface area contributed by atoms with Crippen LogP contribution in [0.5, 0.6) is 5.75 Å². The molecule has 0 aliphatic carbocycles. The number of nitrogens with zero attached hydrogens (tertiary/aromatic N) is 1. The molecule has 0 aromatic heterocycles. The van der Waals surface area contributed by atoms with E-state index in [2.05, 4.69) is 0 Å². The monoisotopic (exact) mass is 274 g/mol. The molecule has 0 fully saturated rings. The van der Waals surface area contributed by atoms with Crippen molar-refractivity contribution in [2.45, 2.75) is 31.8 Å². The van der Waals surface area contributed by atoms with E-state index in [9.17, 15) is 18.5 Å². The molecular formula is C10H14N2O5S. The summed E-state index contributed by atoms with van der Waals surface area (Å²) in [6.07, 6.45) is -0.261. The number of ether oxygens (including phenoxy) is 1. The van der Waals surface area contributed by atoms with Gasteiger partial charge in [-0.25, -0.2) is 13.6 Å². The highest BCUT2D eigenvalue weighted by molar-refractivity contribution is 7.89. The van der Waals surface area contributed by atoms with Crippen LogP contribution in [-0.2, 0) is 10.0 Å². The fourth-order valence-corrected chi connectivity index (χ4v) is 2.23. The van der Waals surface area contributed by atoms with Crippen LogP contribution in [0.15, 0.2) is 17.0 Å². The molecule has 0 bridgehead atoms. The Morgan fingerprint density at radius 2 is 1.94 bits per heavy atom. The molecule has 0 saturated carbocycles. The second kappa shape index (κ2) is 4.91. The van der Waals surface area contributed by atoms with E-state index in [4.69, 9.17) is 9.88 Å². The van der Waals surface area contributed by atoms with Crippen molar-refractivity contribution in [2.75, 3.05) is 0 Å². The maximum atomic E-state index is 11.3. The lowest BCUT2D eigenvalue weighted by Gasteiger charge is -2.12. The number of sulfonamides is 1. The van der Waals surface area contributed by atoms with E-state index >= 15 is 0 Å². The lowest BCUT2D eigenvalue weighted by molar-refractivity contribution is -0.386. The van der Waals surface area contributed by atoms with E-state index in [1.165, 1.54) is 13.0 Å². The van der Waals surface area contributed by atoms with Gasteiger partial charge in [0, 0.05) is 6.07 Å². The molecule has 1 rings (SSSR count). The Balaban J connectivity index is 3.49. The zero-order valence-corrected chi connectivity index (χ0v) is 11.0. The molecule has 0 atom stereocenters. The normalized spacial score (nSPS) is 11.6. The third kappa shape index (κ3) is 3.17. The minimum atomic E-state index is -3.99. The van der Waals surface area contributed by atoms with E-state index in [1.807, 2.05) is 0 Å². The van der Waals surface area contributed by atoms with Crippen LogP contribution < -0.4 is 9.88 Å². The van der Waals surface area contributed by atoms with Crippen molar-refractivity contribution in [1.82, 2.24) is 0 Å². The second-order valence-electron chi connectivity index (χ2n) is 4.05. The van der Waals surface area contributed by atoms with Gasteiger partial charge in [0.15, 0.2) is 5.75 Å². The van der Waals surface area contributed by atoms with Crippen molar-refractivity contribution >= 4 is 15.7 Å². The predicted octanol–water partition coefficient (Wildman–Crippen LogP) is 1.34. The minimum absolute atomic E-state index is 0.0277. The van der Waals surface area contributed by atoms with Gasteiger partial charge in [-0.05, 0) is 32.4 Å². The minimum Gasteiger partial charge on any atom is -0.484 e. The van der Waals surface area contributed by atoms with E-state index in [1.54, 1.807) is 13.8 Å². The highest BCUT2D eigenvalue weighted by atomic mass is 32.2. The number of benzene rings is 1. The summed E-state index contributed by atoms with van der Waals surface area (Å²) in [4.78, 5) is 9.91. The first-order valence-electron chi connectivity index (χ1n) is 5.11. The van der Waals surface area contributed by atoms with Gasteiger partial charge in [-0.2, -0.15) is 0 Å². The van der Waals surface area contributed by atoms with Gasteiger partial charge in [-0.15, -0.1) is 0 Å². The van der Waals surface area contributed by atoms with Gasteiger partial charge in [0.25, 0.3) is 0 Å². The predicted molar refractivity (Wildman–Crippen MR) is 65.0 cm³/mol. The van der Waals surface area contributed by atoms with Gasteiger partial charge in [-0.1, -0.05) is 0 Å². The number of hydrogen-bond acceptors (Lipinski definition) is 5. The lowest BCUT2D eigenvalue weighted by atomic mass is 10.2. The Kier molecular flexibility index (Phi) is 3.92. The fourth-order valence-electron chi connectivity index (χ4n) is 1.45. The van der Waals surface area contributed by atoms with Gasteiger partial charge < -0.3 is 4.74 Å². The average molecular weight is 274 g/mol. The number of nitrogens with two attached hydrogens (primary N) is 1. The number of nitro groups is 1. The summed E-state index contributed by atoms with van der Waals surface area (Å²) in [5.41, 5.74) is -0.114. The summed E-state index contributed by atoms with van der Waals surface area (Å²) in [5, 5.41) is 15.9. The van der Waals surface area contributed by atoms with Gasteiger partial charge in [0.05, 0.1) is 15.9 Å². The van der Waals surface area contributed by atoms with Crippen molar-refractivity contribution in [1.29, 1.82) is 0 Å². The Morgan fingerprint density at radius 1 is 1.39 bits per heavy atom. The topological polar surface area (TPSA) is 113 Å². The molecule has 0 amide bonds. The first kappa shape index (κ1) is 14.4. The van der Waals surface area contributed by atoms with E-state index in [0.29, 0.717) is 5.56 Å². The molecule has 0 aliphatic rings. The summed E-state index contributed by atoms with van der Waals surface area (Å²) in [5.74, 6) is 0.0277. The molecule has 2 N–H and O–H groups in total. The fraction of sp³-hybridized carbons (Fsp3) is 0.400. The Hall–Kier alpha value is -1.67. The van der Waals surface area contributed by atoms with E-state index in [0.717, 1.165) is 6.07 Å². The number of aryl methyl sites for hydroxylation is 1. The summed E-state index contributed by atoms with van der Waals surface area (Å²) in [6.45, 7) is 4.93. The third-order valence-corrected chi connectivity index (χ3v) is 3.18. The molecule has 18 heavy (non-hydrogen) atoms. The van der Waals surface area contributed by atoms with Crippen molar-refractivity contribution < 1.29 is 18.1 Å². The molecule has 0 unspecified atom stereocenters. The van der Waals surface area contributed by atoms with E-state index in [-0.39, 0.29) is 16.7 Å². The molecule has 0 radical (unpaired) electrons. The zero-order chi connectivity index (χ0) is 14.1. The third-order valence-electron chi connectivity index (χ3n) is 2.12. The molecule has 0 saturated heterocycles. The standard InChI is InChI=1S/C10H14N2O5S/c1-6(2)17-9-4-7(3)10(18(11,15)16)5-8(9)12(13)14/h4-6H,1-3H3,(H2,11,15,16). The van der Waals surface area contributed by atoms with Crippen molar-refractivity contribution in [2.24, 2.45) is 5.14 Å². The van der Waals surface area contributed by atoms with Crippen molar-refractivity contribution in [3.05, 3.63) is 27.8 Å². The molecule has 100 valence electrons. The summed E-state index contributed by atoms with van der Waals surface area (Å²) >= 11 is 0. The SMILES string of the molecule is Cc1cc(OC(C)C)c([N+](=O)[O-])cc1S(N)(=O)=O. The van der Waals surface area contributed by atoms with Crippen LogP contribution in [-0.4, -0.2) is 19.4 Å². The Labute approximate surface area is 105 Å². The Morgan fingerprint density at radius 3 is 2.33 bits per heavy atom. The Bertz CT molecular complexity index is 580. The highest BCUT2D eigenvalue weighted by Crippen LogP contribution is 2.32. The van der Waals surface area contributed by atoms with Crippen LogP contribution in [0.2, 0.25) is 0 Å². The number of rotatable bonds is 4. The average Bonchev–Trinajstić information content (AvgIpc) is 2.13. The molecule has 0 spiro atoms. The van der Waals surface area contributed by atoms with Crippen LogP contribution in [0.1, 0.15) is 19.4 Å². The number of primary sulfonamides is 1. The lowest BCUT2D eigenvalue weighted by Crippen LogP contribution is -2.15. The first-order valence-corrected chi connectivity index (χ1v) is 6.66. The van der Waals surface area contributed by atoms with Crippen LogP contribution in [0.25, 0.3) is 0 Å². The number of nitro benzene ring substituents is 1. The second-order valence-corrected chi connectivity index (χ2v) is 5.58. The first-order chi connectivity index (χ1) is 8.12. The zero-order valence-electron chi connectivity index (χ0n) is 10.2. The van der Waals surface area contributed by atoms with Gasteiger partial charge >= 0.3 is 5.69 Å². The maximum absolute atomic E-state index is 11.3. The molecule has 0 heterocycles. The highest BCUT2D eigenvalue weighted by Gasteiger charge is 2.23. The molecule has 8 heteroatoms. The van der Waals surface area contributed by atoms with Gasteiger partial charge in [0.1, 0.15) is 0 Å². The largest absolute Gasteiger partial charge is 0.484 e. The summed E-state index contributed by atoms with van der Waals surface area (Å²) in [6, 6.07) is 2.22. The molecular weight excluding hydrogens is 260 g/mol. The molecule has 1 aromatic carbocycles. The van der Waals surface area contributed by atoms with Gasteiger partial charge in [0.2, 0.25) is 10.0 Å². The van der Waals surface area contributed by atoms with Crippen LogP contribution in [0.4, 0.5) is 5.69 Å². The van der Waals surface area contributed by atoms with Gasteiger partial charge in [-0.3, -0.25) is 10.1 Å². The van der Waals surface area contributed by atoms with Crippen molar-refractivity contribution in [3.63, 3.8) is 0 Å².